The summed E-state index contributed by atoms with van der Waals surface area (Å²) in [5.74, 6) is 0. The average molecular weight is 423 g/mol. The molecule has 3 aliphatic carbocycles. The van der Waals surface area contributed by atoms with E-state index in [0.29, 0.717) is 10.8 Å². The summed E-state index contributed by atoms with van der Waals surface area (Å²) in [6, 6.07) is 14.7. The summed E-state index contributed by atoms with van der Waals surface area (Å²) >= 11 is 3.76. The number of hydrogen-bond acceptors (Lipinski definition) is 0. The summed E-state index contributed by atoms with van der Waals surface area (Å²) in [6.45, 7) is 2.29. The van der Waals surface area contributed by atoms with Crippen molar-refractivity contribution in [1.82, 2.24) is 0 Å². The van der Waals surface area contributed by atoms with Crippen LogP contribution in [0.15, 0.2) is 40.9 Å². The lowest BCUT2D eigenvalue weighted by Crippen LogP contribution is -2.43. The van der Waals surface area contributed by atoms with Gasteiger partial charge < -0.3 is 0 Å². The number of benzene rings is 2. The predicted molar refractivity (Wildman–Crippen MR) is 118 cm³/mol. The first-order valence-electron chi connectivity index (χ1n) is 11.1. The van der Waals surface area contributed by atoms with E-state index in [9.17, 15) is 0 Å². The lowest BCUT2D eigenvalue weighted by Gasteiger charge is -2.48. The van der Waals surface area contributed by atoms with Crippen LogP contribution in [0.4, 0.5) is 0 Å². The molecule has 0 heterocycles. The molecule has 0 amide bonds. The Hall–Kier alpha value is -1.08. The number of aryl methyl sites for hydroxylation is 1. The van der Waals surface area contributed by atoms with Gasteiger partial charge in [-0.3, -0.25) is 0 Å². The highest BCUT2D eigenvalue weighted by atomic mass is 79.9. The van der Waals surface area contributed by atoms with Crippen molar-refractivity contribution in [3.63, 3.8) is 0 Å². The second-order valence-corrected chi connectivity index (χ2v) is 10.2. The minimum atomic E-state index is 0.415. The Morgan fingerprint density at radius 1 is 0.778 bits per heavy atom. The third-order valence-electron chi connectivity index (χ3n) is 8.04. The Bertz CT molecular complexity index is 853. The minimum absolute atomic E-state index is 0.415. The fourth-order valence-electron chi connectivity index (χ4n) is 6.94. The van der Waals surface area contributed by atoms with E-state index in [-0.39, 0.29) is 0 Å². The van der Waals surface area contributed by atoms with Gasteiger partial charge in [0.05, 0.1) is 0 Å². The monoisotopic (exact) mass is 422 g/mol. The molecular weight excluding hydrogens is 392 g/mol. The number of hydrogen-bond donors (Lipinski definition) is 0. The van der Waals surface area contributed by atoms with E-state index in [0.717, 1.165) is 0 Å². The molecule has 0 atom stereocenters. The molecule has 0 unspecified atom stereocenters. The average Bonchev–Trinajstić information content (AvgIpc) is 3.23. The van der Waals surface area contributed by atoms with Crippen LogP contribution in [0.3, 0.4) is 0 Å². The molecule has 0 bridgehead atoms. The predicted octanol–water partition coefficient (Wildman–Crippen LogP) is 8.10. The molecule has 0 N–H and O–H groups in total. The zero-order chi connectivity index (χ0) is 18.5. The summed E-state index contributed by atoms with van der Waals surface area (Å²) in [5, 5.41) is 0. The highest BCUT2D eigenvalue weighted by Gasteiger charge is 2.62. The van der Waals surface area contributed by atoms with Gasteiger partial charge in [-0.05, 0) is 78.5 Å². The number of halogens is 1. The number of rotatable bonds is 5. The van der Waals surface area contributed by atoms with Crippen LogP contribution in [0.2, 0.25) is 0 Å². The van der Waals surface area contributed by atoms with E-state index in [1.807, 2.05) is 0 Å². The normalized spacial score (nSPS) is 27.8. The van der Waals surface area contributed by atoms with Gasteiger partial charge in [-0.15, -0.1) is 0 Å². The molecule has 27 heavy (non-hydrogen) atoms. The largest absolute Gasteiger partial charge is 0.0654 e. The Balaban J connectivity index is 1.63. The number of fused-ring (bicyclic) bond motifs is 3. The van der Waals surface area contributed by atoms with Crippen LogP contribution >= 0.6 is 15.9 Å². The molecule has 2 fully saturated rings. The molecule has 0 radical (unpaired) electrons. The van der Waals surface area contributed by atoms with Gasteiger partial charge in [-0.25, -0.2) is 0 Å². The van der Waals surface area contributed by atoms with Crippen molar-refractivity contribution in [3.8, 4) is 11.1 Å². The first kappa shape index (κ1) is 18.0. The maximum absolute atomic E-state index is 3.76. The van der Waals surface area contributed by atoms with Gasteiger partial charge in [0.25, 0.3) is 0 Å². The molecule has 2 aromatic rings. The topological polar surface area (TPSA) is 0 Å². The highest BCUT2D eigenvalue weighted by molar-refractivity contribution is 9.10. The van der Waals surface area contributed by atoms with Crippen LogP contribution in [0.5, 0.6) is 0 Å². The summed E-state index contributed by atoms with van der Waals surface area (Å²) in [4.78, 5) is 0. The Morgan fingerprint density at radius 2 is 1.41 bits per heavy atom. The molecule has 0 nitrogen and oxygen atoms in total. The van der Waals surface area contributed by atoms with Crippen LogP contribution in [0.1, 0.15) is 87.8 Å². The van der Waals surface area contributed by atoms with Crippen molar-refractivity contribution < 1.29 is 0 Å². The maximum atomic E-state index is 3.76. The Labute approximate surface area is 172 Å². The lowest BCUT2D eigenvalue weighted by atomic mass is 9.55. The van der Waals surface area contributed by atoms with E-state index >= 15 is 0 Å². The summed E-state index contributed by atoms with van der Waals surface area (Å²) < 4.78 is 1.22. The minimum Gasteiger partial charge on any atom is -0.0654 e. The van der Waals surface area contributed by atoms with Gasteiger partial charge in [0.15, 0.2) is 0 Å². The molecule has 1 heteroatoms. The van der Waals surface area contributed by atoms with Crippen molar-refractivity contribution in [2.75, 3.05) is 0 Å². The fraction of sp³-hybridized carbons (Fsp3) is 0.538. The van der Waals surface area contributed by atoms with Gasteiger partial charge in [0.2, 0.25) is 0 Å². The second kappa shape index (κ2) is 6.76. The molecule has 0 saturated heterocycles. The quantitative estimate of drug-likeness (QED) is 0.426. The van der Waals surface area contributed by atoms with Crippen molar-refractivity contribution in [1.29, 1.82) is 0 Å². The first-order chi connectivity index (χ1) is 13.2. The fourth-order valence-corrected chi connectivity index (χ4v) is 7.31. The summed E-state index contributed by atoms with van der Waals surface area (Å²) in [6.07, 6.45) is 15.0. The standard InChI is InChI=1S/C26H31Br/c1-2-3-4-5-8-19-9-11-23-21(17-19)22-18-20(27)10-12-24(22)26-15-6-13-25(23,26)14-7-16-26/h9-12,17-18H,2-8,13-16H2,1H3/t25-,26+. The summed E-state index contributed by atoms with van der Waals surface area (Å²) in [7, 11) is 0. The Morgan fingerprint density at radius 3 is 2.07 bits per heavy atom. The van der Waals surface area contributed by atoms with E-state index in [4.69, 9.17) is 0 Å². The molecular formula is C26H31Br. The van der Waals surface area contributed by atoms with Crippen LogP contribution in [0, 0.1) is 0 Å². The smallest absolute Gasteiger partial charge is 0.0181 e. The molecule has 0 spiro atoms. The van der Waals surface area contributed by atoms with Crippen LogP contribution in [-0.2, 0) is 17.3 Å². The zero-order valence-electron chi connectivity index (χ0n) is 16.6. The van der Waals surface area contributed by atoms with Gasteiger partial charge >= 0.3 is 0 Å². The van der Waals surface area contributed by atoms with Crippen molar-refractivity contribution in [2.24, 2.45) is 0 Å². The molecule has 2 aromatic carbocycles. The van der Waals surface area contributed by atoms with Gasteiger partial charge in [-0.1, -0.05) is 79.2 Å². The highest BCUT2D eigenvalue weighted by Crippen LogP contribution is 2.69. The van der Waals surface area contributed by atoms with Gasteiger partial charge in [-0.2, -0.15) is 0 Å². The molecule has 0 aliphatic heterocycles. The molecule has 3 aliphatic rings. The SMILES string of the molecule is CCCCCCc1ccc2c(c1)-c1cc(Br)ccc1[C@]13CCC[C@]21CCC3. The van der Waals surface area contributed by atoms with Crippen LogP contribution in [0.25, 0.3) is 11.1 Å². The lowest BCUT2D eigenvalue weighted by molar-refractivity contribution is 0.299. The molecule has 0 aromatic heterocycles. The van der Waals surface area contributed by atoms with E-state index in [1.165, 1.54) is 86.2 Å². The molecule has 2 saturated carbocycles. The van der Waals surface area contributed by atoms with E-state index in [2.05, 4.69) is 59.3 Å². The molecule has 142 valence electrons. The van der Waals surface area contributed by atoms with Crippen molar-refractivity contribution in [3.05, 3.63) is 57.6 Å². The summed E-state index contributed by atoms with van der Waals surface area (Å²) in [5.41, 5.74) is 8.79. The van der Waals surface area contributed by atoms with E-state index in [1.54, 1.807) is 16.7 Å². The third kappa shape index (κ3) is 2.53. The first-order valence-corrected chi connectivity index (χ1v) is 11.9. The van der Waals surface area contributed by atoms with Crippen LogP contribution in [-0.4, -0.2) is 0 Å². The van der Waals surface area contributed by atoms with Gasteiger partial charge in [0, 0.05) is 15.3 Å². The maximum Gasteiger partial charge on any atom is 0.0181 e. The zero-order valence-corrected chi connectivity index (χ0v) is 18.2. The van der Waals surface area contributed by atoms with E-state index < -0.39 is 0 Å². The van der Waals surface area contributed by atoms with Crippen molar-refractivity contribution in [2.45, 2.75) is 88.4 Å². The Kier molecular flexibility index (Phi) is 4.50. The molecule has 5 rings (SSSR count). The number of unbranched alkanes of at least 4 members (excludes halogenated alkanes) is 3. The third-order valence-corrected chi connectivity index (χ3v) is 8.53. The van der Waals surface area contributed by atoms with Gasteiger partial charge in [0.1, 0.15) is 0 Å². The van der Waals surface area contributed by atoms with Crippen molar-refractivity contribution >= 4 is 15.9 Å². The second-order valence-electron chi connectivity index (χ2n) is 9.25. The van der Waals surface area contributed by atoms with Crippen LogP contribution < -0.4 is 0 Å².